The van der Waals surface area contributed by atoms with E-state index in [0.29, 0.717) is 17.0 Å². The molecule has 0 radical (unpaired) electrons. The predicted molar refractivity (Wildman–Crippen MR) is 118 cm³/mol. The third-order valence-corrected chi connectivity index (χ3v) is 5.14. The molecular weight excluding hydrogens is 433 g/mol. The molecule has 0 aliphatic heterocycles. The van der Waals surface area contributed by atoms with Gasteiger partial charge >= 0.3 is 6.18 Å². The lowest BCUT2D eigenvalue weighted by Crippen LogP contribution is -2.23. The first-order valence-electron chi connectivity index (χ1n) is 10.0. The second-order valence-corrected chi connectivity index (χ2v) is 7.34. The number of alkyl halides is 3. The molecule has 0 unspecified atom stereocenters. The highest BCUT2D eigenvalue weighted by molar-refractivity contribution is 6.02. The lowest BCUT2D eigenvalue weighted by atomic mass is 10.1. The molecule has 2 aromatic heterocycles. The summed E-state index contributed by atoms with van der Waals surface area (Å²) in [7, 11) is 1.55. The lowest BCUT2D eigenvalue weighted by Gasteiger charge is -2.10. The fraction of sp³-hybridized carbons (Fsp3) is 0.125. The first-order valence-corrected chi connectivity index (χ1v) is 10.0. The number of amides is 2. The zero-order valence-electron chi connectivity index (χ0n) is 17.5. The summed E-state index contributed by atoms with van der Waals surface area (Å²) in [6.07, 6.45) is -3.04. The van der Waals surface area contributed by atoms with Crippen LogP contribution in [0.5, 0.6) is 0 Å². The zero-order valence-corrected chi connectivity index (χ0v) is 17.5. The molecule has 2 aromatic carbocycles. The predicted octanol–water partition coefficient (Wildman–Crippen LogP) is 4.54. The van der Waals surface area contributed by atoms with E-state index in [9.17, 15) is 22.8 Å². The van der Waals surface area contributed by atoms with Gasteiger partial charge in [0.1, 0.15) is 5.69 Å². The van der Waals surface area contributed by atoms with E-state index in [1.165, 1.54) is 18.3 Å². The van der Waals surface area contributed by atoms with E-state index in [0.717, 1.165) is 28.6 Å². The number of rotatable bonds is 5. The van der Waals surface area contributed by atoms with E-state index in [1.807, 2.05) is 18.2 Å². The highest BCUT2D eigenvalue weighted by Gasteiger charge is 2.30. The number of aromatic amines is 1. The Kier molecular flexibility index (Phi) is 5.87. The SMILES string of the molecule is CNC(=O)c1cc2c(-c3ccc(C(=O)NCc4cccc(C(F)(F)F)c4)cn3)cccc2[nH]1. The first-order chi connectivity index (χ1) is 15.8. The fourth-order valence-electron chi connectivity index (χ4n) is 3.47. The van der Waals surface area contributed by atoms with Crippen molar-refractivity contribution in [3.8, 4) is 11.3 Å². The normalized spacial score (nSPS) is 11.4. The van der Waals surface area contributed by atoms with Crippen molar-refractivity contribution in [2.45, 2.75) is 12.7 Å². The Balaban J connectivity index is 1.50. The van der Waals surface area contributed by atoms with Gasteiger partial charge in [0.25, 0.3) is 11.8 Å². The molecule has 9 heteroatoms. The summed E-state index contributed by atoms with van der Waals surface area (Å²) in [5.74, 6) is -0.689. The first kappa shape index (κ1) is 22.1. The zero-order chi connectivity index (χ0) is 23.6. The standard InChI is InChI=1S/C24H19F3N4O2/c1-28-23(33)21-11-18-17(6-3-7-20(18)31-21)19-9-8-15(13-29-19)22(32)30-12-14-4-2-5-16(10-14)24(25,26)27/h2-11,13,31H,12H2,1H3,(H,28,33)(H,30,32). The topological polar surface area (TPSA) is 86.9 Å². The van der Waals surface area contributed by atoms with Crippen molar-refractivity contribution in [3.05, 3.63) is 89.2 Å². The third kappa shape index (κ3) is 4.72. The van der Waals surface area contributed by atoms with Gasteiger partial charge in [-0.05, 0) is 42.0 Å². The number of benzene rings is 2. The van der Waals surface area contributed by atoms with Crippen LogP contribution in [0.25, 0.3) is 22.2 Å². The molecular formula is C24H19F3N4O2. The molecule has 0 bridgehead atoms. The Labute approximate surface area is 186 Å². The third-order valence-electron chi connectivity index (χ3n) is 5.14. The van der Waals surface area contributed by atoms with Crippen molar-refractivity contribution < 1.29 is 22.8 Å². The summed E-state index contributed by atoms with van der Waals surface area (Å²) in [5.41, 5.74) is 2.44. The second kappa shape index (κ2) is 8.78. The Bertz CT molecular complexity index is 1330. The maximum atomic E-state index is 12.8. The molecule has 168 valence electrons. The van der Waals surface area contributed by atoms with Gasteiger partial charge in [-0.2, -0.15) is 13.2 Å². The van der Waals surface area contributed by atoms with Crippen LogP contribution in [0.1, 0.15) is 32.0 Å². The average Bonchev–Trinajstić information content (AvgIpc) is 3.26. The van der Waals surface area contributed by atoms with E-state index in [2.05, 4.69) is 20.6 Å². The van der Waals surface area contributed by atoms with Crippen LogP contribution in [0.15, 0.2) is 66.9 Å². The molecule has 4 rings (SSSR count). The van der Waals surface area contributed by atoms with Crippen LogP contribution in [0.3, 0.4) is 0 Å². The van der Waals surface area contributed by atoms with Gasteiger partial charge in [0.15, 0.2) is 0 Å². The Morgan fingerprint density at radius 3 is 2.48 bits per heavy atom. The van der Waals surface area contributed by atoms with E-state index < -0.39 is 17.6 Å². The second-order valence-electron chi connectivity index (χ2n) is 7.34. The summed E-state index contributed by atoms with van der Waals surface area (Å²) in [4.78, 5) is 31.8. The number of hydrogen-bond donors (Lipinski definition) is 3. The maximum absolute atomic E-state index is 12.8. The van der Waals surface area contributed by atoms with Crippen molar-refractivity contribution in [3.63, 3.8) is 0 Å². The minimum absolute atomic E-state index is 0.0462. The van der Waals surface area contributed by atoms with Crippen LogP contribution in [-0.2, 0) is 12.7 Å². The number of pyridine rings is 1. The Morgan fingerprint density at radius 2 is 1.79 bits per heavy atom. The van der Waals surface area contributed by atoms with Crippen molar-refractivity contribution in [1.29, 1.82) is 0 Å². The Hall–Kier alpha value is -4.14. The van der Waals surface area contributed by atoms with Gasteiger partial charge in [-0.25, -0.2) is 0 Å². The van der Waals surface area contributed by atoms with Gasteiger partial charge < -0.3 is 15.6 Å². The molecule has 0 fully saturated rings. The lowest BCUT2D eigenvalue weighted by molar-refractivity contribution is -0.137. The molecule has 0 spiro atoms. The molecule has 0 saturated carbocycles. The van der Waals surface area contributed by atoms with Gasteiger partial charge in [-0.1, -0.05) is 24.3 Å². The molecule has 2 amide bonds. The number of fused-ring (bicyclic) bond motifs is 1. The van der Waals surface area contributed by atoms with Crippen LogP contribution in [0, 0.1) is 0 Å². The molecule has 33 heavy (non-hydrogen) atoms. The van der Waals surface area contributed by atoms with Crippen molar-refractivity contribution in [1.82, 2.24) is 20.6 Å². The van der Waals surface area contributed by atoms with Crippen molar-refractivity contribution >= 4 is 22.7 Å². The van der Waals surface area contributed by atoms with Gasteiger partial charge in [0.2, 0.25) is 0 Å². The van der Waals surface area contributed by atoms with E-state index in [1.54, 1.807) is 25.2 Å². The summed E-state index contributed by atoms with van der Waals surface area (Å²) in [6.45, 7) is -0.0462. The van der Waals surface area contributed by atoms with E-state index in [-0.39, 0.29) is 18.0 Å². The Morgan fingerprint density at radius 1 is 1.00 bits per heavy atom. The number of carbonyl (C=O) groups is 2. The maximum Gasteiger partial charge on any atom is 0.416 e. The highest BCUT2D eigenvalue weighted by Crippen LogP contribution is 2.30. The van der Waals surface area contributed by atoms with E-state index in [4.69, 9.17) is 0 Å². The number of H-pyrrole nitrogens is 1. The molecule has 0 aliphatic rings. The molecule has 0 aliphatic carbocycles. The molecule has 2 heterocycles. The van der Waals surface area contributed by atoms with Gasteiger partial charge in [-0.3, -0.25) is 14.6 Å². The monoisotopic (exact) mass is 452 g/mol. The number of hydrogen-bond acceptors (Lipinski definition) is 3. The van der Waals surface area contributed by atoms with Gasteiger partial charge in [-0.15, -0.1) is 0 Å². The van der Waals surface area contributed by atoms with Gasteiger partial charge in [0.05, 0.1) is 16.8 Å². The van der Waals surface area contributed by atoms with Crippen LogP contribution in [-0.4, -0.2) is 28.8 Å². The number of carbonyl (C=O) groups excluding carboxylic acids is 2. The highest BCUT2D eigenvalue weighted by atomic mass is 19.4. The van der Waals surface area contributed by atoms with Gasteiger partial charge in [0, 0.05) is 36.3 Å². The number of nitrogens with zero attached hydrogens (tertiary/aromatic N) is 1. The minimum atomic E-state index is -4.44. The number of nitrogens with one attached hydrogen (secondary N) is 3. The quantitative estimate of drug-likeness (QED) is 0.416. The smallest absolute Gasteiger partial charge is 0.354 e. The summed E-state index contributed by atoms with van der Waals surface area (Å²) in [5, 5.41) is 5.99. The molecule has 3 N–H and O–H groups in total. The average molecular weight is 452 g/mol. The summed E-state index contributed by atoms with van der Waals surface area (Å²) < 4.78 is 38.5. The van der Waals surface area contributed by atoms with Crippen molar-refractivity contribution in [2.24, 2.45) is 0 Å². The molecule has 6 nitrogen and oxygen atoms in total. The number of aromatic nitrogens is 2. The van der Waals surface area contributed by atoms with Crippen LogP contribution >= 0.6 is 0 Å². The number of halogens is 3. The van der Waals surface area contributed by atoms with Crippen LogP contribution < -0.4 is 10.6 Å². The fourth-order valence-corrected chi connectivity index (χ4v) is 3.47. The minimum Gasteiger partial charge on any atom is -0.354 e. The molecule has 0 atom stereocenters. The van der Waals surface area contributed by atoms with Crippen LogP contribution in [0.2, 0.25) is 0 Å². The summed E-state index contributed by atoms with van der Waals surface area (Å²) >= 11 is 0. The van der Waals surface area contributed by atoms with E-state index >= 15 is 0 Å². The van der Waals surface area contributed by atoms with Crippen LogP contribution in [0.4, 0.5) is 13.2 Å². The van der Waals surface area contributed by atoms with Crippen molar-refractivity contribution in [2.75, 3.05) is 7.05 Å². The largest absolute Gasteiger partial charge is 0.416 e. The molecule has 4 aromatic rings. The summed E-state index contributed by atoms with van der Waals surface area (Å²) in [6, 6.07) is 15.4. The molecule has 0 saturated heterocycles.